The molecule has 1 N–H and O–H groups in total. The molecule has 2 aliphatic heterocycles. The van der Waals surface area contributed by atoms with E-state index in [0.717, 1.165) is 92.6 Å². The highest BCUT2D eigenvalue weighted by Crippen LogP contribution is 2.32. The second kappa shape index (κ2) is 8.57. The molecule has 164 valence electrons. The zero-order valence-electron chi connectivity index (χ0n) is 18.3. The second-order valence-corrected chi connectivity index (χ2v) is 8.71. The first-order valence-electron chi connectivity index (χ1n) is 11.1. The van der Waals surface area contributed by atoms with E-state index < -0.39 is 0 Å². The van der Waals surface area contributed by atoms with Crippen molar-refractivity contribution in [2.75, 3.05) is 64.4 Å². The molecule has 2 fully saturated rings. The van der Waals surface area contributed by atoms with E-state index in [2.05, 4.69) is 38.9 Å². The van der Waals surface area contributed by atoms with Gasteiger partial charge in [0, 0.05) is 73.7 Å². The van der Waals surface area contributed by atoms with E-state index in [1.807, 2.05) is 19.1 Å². The Morgan fingerprint density at radius 1 is 1.03 bits per heavy atom. The number of ether oxygens (including phenoxy) is 1. The van der Waals surface area contributed by atoms with Gasteiger partial charge in [-0.3, -0.25) is 9.88 Å². The number of piperazine rings is 1. The molecular weight excluding hydrogens is 393 g/mol. The van der Waals surface area contributed by atoms with Gasteiger partial charge in [0.2, 0.25) is 0 Å². The third kappa shape index (κ3) is 4.31. The molecule has 4 heterocycles. The lowest BCUT2D eigenvalue weighted by molar-refractivity contribution is 0.0337. The van der Waals surface area contributed by atoms with Gasteiger partial charge < -0.3 is 19.5 Å². The van der Waals surface area contributed by atoms with Gasteiger partial charge in [0.25, 0.3) is 0 Å². The fraction of sp³-hybridized carbons (Fsp3) is 0.458. The van der Waals surface area contributed by atoms with Crippen LogP contribution in [0.3, 0.4) is 0 Å². The number of aryl methyl sites for hydroxylation is 1. The first-order valence-corrected chi connectivity index (χ1v) is 11.1. The molecule has 5 rings (SSSR count). The average molecular weight is 424 g/mol. The average Bonchev–Trinajstić information content (AvgIpc) is 3.16. The van der Waals surface area contributed by atoms with Crippen molar-refractivity contribution in [3.63, 3.8) is 0 Å². The van der Waals surface area contributed by atoms with Gasteiger partial charge in [-0.2, -0.15) is 0 Å². The molecule has 2 aliphatic rings. The number of fused-ring (bicyclic) bond motifs is 1. The third-order valence-corrected chi connectivity index (χ3v) is 6.36. The second-order valence-electron chi connectivity index (χ2n) is 8.71. The molecule has 1 aromatic carbocycles. The number of benzene rings is 1. The molecule has 0 spiro atoms. The zero-order chi connectivity index (χ0) is 21.4. The summed E-state index contributed by atoms with van der Waals surface area (Å²) in [7, 11) is 2.11. The number of anilines is 1. The lowest BCUT2D eigenvalue weighted by Crippen LogP contribution is -2.44. The number of nitrogens with zero attached hydrogens (tertiary/aromatic N) is 4. The molecule has 2 saturated heterocycles. The van der Waals surface area contributed by atoms with Crippen LogP contribution in [-0.2, 0) is 11.3 Å². The SMILES string of the molecule is Cc1cc2[nH]c(CN3CCOCC3)cc2c(-c2ccc(N3CCN(C)CC3)c(F)c2)n1. The van der Waals surface area contributed by atoms with Gasteiger partial charge in [0.1, 0.15) is 5.82 Å². The summed E-state index contributed by atoms with van der Waals surface area (Å²) in [6, 6.07) is 9.79. The van der Waals surface area contributed by atoms with E-state index in [0.29, 0.717) is 5.69 Å². The van der Waals surface area contributed by atoms with E-state index in [-0.39, 0.29) is 5.82 Å². The monoisotopic (exact) mass is 423 g/mol. The molecule has 0 amide bonds. The van der Waals surface area contributed by atoms with Crippen LogP contribution in [-0.4, -0.2) is 79.3 Å². The van der Waals surface area contributed by atoms with Gasteiger partial charge in [-0.25, -0.2) is 4.39 Å². The summed E-state index contributed by atoms with van der Waals surface area (Å²) >= 11 is 0. The minimum atomic E-state index is -0.178. The number of rotatable bonds is 4. The molecule has 31 heavy (non-hydrogen) atoms. The first-order chi connectivity index (χ1) is 15.1. The maximum atomic E-state index is 15.1. The molecule has 0 atom stereocenters. The van der Waals surface area contributed by atoms with Crippen LogP contribution < -0.4 is 4.90 Å². The largest absolute Gasteiger partial charge is 0.379 e. The molecule has 2 aromatic heterocycles. The van der Waals surface area contributed by atoms with E-state index in [9.17, 15) is 0 Å². The van der Waals surface area contributed by atoms with E-state index in [1.165, 1.54) is 0 Å². The van der Waals surface area contributed by atoms with Crippen LogP contribution >= 0.6 is 0 Å². The third-order valence-electron chi connectivity index (χ3n) is 6.36. The highest BCUT2D eigenvalue weighted by molar-refractivity contribution is 5.94. The smallest absolute Gasteiger partial charge is 0.147 e. The Hall–Kier alpha value is -2.48. The molecule has 0 radical (unpaired) electrons. The number of hydrogen-bond donors (Lipinski definition) is 1. The van der Waals surface area contributed by atoms with Crippen LogP contribution in [0.25, 0.3) is 22.2 Å². The standard InChI is InChI=1S/C24H30FN5O/c1-17-13-22-20(15-19(27-22)16-29-9-11-31-12-10-29)24(26-17)18-3-4-23(21(25)14-18)30-7-5-28(2)6-8-30/h3-4,13-15,27H,5-12,16H2,1-2H3. The van der Waals surface area contributed by atoms with Gasteiger partial charge in [-0.15, -0.1) is 0 Å². The van der Waals surface area contributed by atoms with Crippen LogP contribution in [0.1, 0.15) is 11.4 Å². The number of morpholine rings is 1. The maximum Gasteiger partial charge on any atom is 0.147 e. The van der Waals surface area contributed by atoms with Crippen molar-refractivity contribution >= 4 is 16.6 Å². The van der Waals surface area contributed by atoms with Gasteiger partial charge in [0.05, 0.1) is 24.6 Å². The highest BCUT2D eigenvalue weighted by atomic mass is 19.1. The van der Waals surface area contributed by atoms with Crippen molar-refractivity contribution in [2.45, 2.75) is 13.5 Å². The molecule has 0 bridgehead atoms. The summed E-state index contributed by atoms with van der Waals surface area (Å²) in [6.45, 7) is 9.90. The van der Waals surface area contributed by atoms with Crippen LogP contribution in [0.5, 0.6) is 0 Å². The number of halogens is 1. The summed E-state index contributed by atoms with van der Waals surface area (Å²) in [4.78, 5) is 15.1. The van der Waals surface area contributed by atoms with Crippen LogP contribution in [0, 0.1) is 12.7 Å². The predicted molar refractivity (Wildman–Crippen MR) is 122 cm³/mol. The fourth-order valence-corrected chi connectivity index (χ4v) is 4.58. The van der Waals surface area contributed by atoms with Gasteiger partial charge in [-0.1, -0.05) is 6.07 Å². The summed E-state index contributed by atoms with van der Waals surface area (Å²) < 4.78 is 20.6. The number of likely N-dealkylation sites (N-methyl/N-ethyl adjacent to an activating group) is 1. The van der Waals surface area contributed by atoms with Crippen molar-refractivity contribution in [3.8, 4) is 11.3 Å². The molecule has 0 aliphatic carbocycles. The van der Waals surface area contributed by atoms with Gasteiger partial charge in [-0.05, 0) is 38.2 Å². The Morgan fingerprint density at radius 3 is 2.55 bits per heavy atom. The maximum absolute atomic E-state index is 15.1. The van der Waals surface area contributed by atoms with Gasteiger partial charge >= 0.3 is 0 Å². The molecule has 0 saturated carbocycles. The minimum absolute atomic E-state index is 0.178. The number of H-pyrrole nitrogens is 1. The number of hydrogen-bond acceptors (Lipinski definition) is 5. The number of pyridine rings is 1. The van der Waals surface area contributed by atoms with Crippen molar-refractivity contribution in [2.24, 2.45) is 0 Å². The summed E-state index contributed by atoms with van der Waals surface area (Å²) in [5.41, 5.74) is 5.47. The van der Waals surface area contributed by atoms with E-state index in [1.54, 1.807) is 6.07 Å². The fourth-order valence-electron chi connectivity index (χ4n) is 4.58. The highest BCUT2D eigenvalue weighted by Gasteiger charge is 2.19. The van der Waals surface area contributed by atoms with Gasteiger partial charge in [0.15, 0.2) is 0 Å². The van der Waals surface area contributed by atoms with E-state index >= 15 is 4.39 Å². The Labute approximate surface area is 182 Å². The summed E-state index contributed by atoms with van der Waals surface area (Å²) in [5.74, 6) is -0.178. The van der Waals surface area contributed by atoms with Crippen molar-refractivity contribution in [1.82, 2.24) is 19.8 Å². The Bertz CT molecular complexity index is 1070. The summed E-state index contributed by atoms with van der Waals surface area (Å²) in [6.07, 6.45) is 0. The predicted octanol–water partition coefficient (Wildman–Crippen LogP) is 3.26. The molecule has 0 unspecified atom stereocenters. The number of aromatic amines is 1. The first kappa shape index (κ1) is 20.4. The van der Waals surface area contributed by atoms with Crippen molar-refractivity contribution in [3.05, 3.63) is 47.5 Å². The van der Waals surface area contributed by atoms with Crippen molar-refractivity contribution < 1.29 is 9.13 Å². The Balaban J connectivity index is 1.45. The lowest BCUT2D eigenvalue weighted by Gasteiger charge is -2.34. The molecule has 6 nitrogen and oxygen atoms in total. The summed E-state index contributed by atoms with van der Waals surface area (Å²) in [5, 5.41) is 1.04. The Morgan fingerprint density at radius 2 is 1.81 bits per heavy atom. The lowest BCUT2D eigenvalue weighted by atomic mass is 10.1. The Kier molecular flexibility index (Phi) is 5.65. The number of nitrogens with one attached hydrogen (secondary N) is 1. The topological polar surface area (TPSA) is 47.6 Å². The minimum Gasteiger partial charge on any atom is -0.379 e. The number of aromatic nitrogens is 2. The molecule has 3 aromatic rings. The zero-order valence-corrected chi connectivity index (χ0v) is 18.3. The van der Waals surface area contributed by atoms with Crippen LogP contribution in [0.15, 0.2) is 30.3 Å². The van der Waals surface area contributed by atoms with Crippen molar-refractivity contribution in [1.29, 1.82) is 0 Å². The van der Waals surface area contributed by atoms with E-state index in [4.69, 9.17) is 9.72 Å². The quantitative estimate of drug-likeness (QED) is 0.698. The van der Waals surface area contributed by atoms with Crippen LogP contribution in [0.2, 0.25) is 0 Å². The van der Waals surface area contributed by atoms with Crippen LogP contribution in [0.4, 0.5) is 10.1 Å². The molecular formula is C24H30FN5O. The molecule has 7 heteroatoms. The normalized spacial score (nSPS) is 18.7.